The van der Waals surface area contributed by atoms with Crippen LogP contribution < -0.4 is 10.6 Å². The molecule has 1 saturated carbocycles. The first-order chi connectivity index (χ1) is 8.40. The lowest BCUT2D eigenvalue weighted by atomic mass is 10.1. The maximum absolute atomic E-state index is 5.69. The average molecular weight is 234 g/mol. The van der Waals surface area contributed by atoms with E-state index < -0.39 is 0 Å². The van der Waals surface area contributed by atoms with E-state index in [1.807, 2.05) is 0 Å². The van der Waals surface area contributed by atoms with Gasteiger partial charge >= 0.3 is 0 Å². The predicted octanol–water partition coefficient (Wildman–Crippen LogP) is 0.477. The van der Waals surface area contributed by atoms with Crippen molar-refractivity contribution in [1.82, 2.24) is 9.97 Å². The van der Waals surface area contributed by atoms with Crippen LogP contribution in [0.5, 0.6) is 0 Å². The fourth-order valence-electron chi connectivity index (χ4n) is 2.38. The maximum atomic E-state index is 5.69. The summed E-state index contributed by atoms with van der Waals surface area (Å²) < 4.78 is 5.53. The van der Waals surface area contributed by atoms with E-state index in [2.05, 4.69) is 14.9 Å². The van der Waals surface area contributed by atoms with E-state index in [4.69, 9.17) is 10.5 Å². The smallest absolute Gasteiger partial charge is 0.138 e. The number of aromatic nitrogens is 2. The van der Waals surface area contributed by atoms with Crippen molar-refractivity contribution >= 4 is 5.82 Å². The SMILES string of the molecule is NCCN(c1ncnc2c1COCC2)C1CC1. The molecule has 2 N–H and O–H groups in total. The van der Waals surface area contributed by atoms with Crippen molar-refractivity contribution in [3.8, 4) is 0 Å². The Balaban J connectivity index is 1.94. The first-order valence-electron chi connectivity index (χ1n) is 6.27. The molecule has 2 heterocycles. The summed E-state index contributed by atoms with van der Waals surface area (Å²) in [5, 5.41) is 0. The molecular formula is C12H18N4O. The quantitative estimate of drug-likeness (QED) is 0.820. The van der Waals surface area contributed by atoms with E-state index in [0.717, 1.165) is 31.1 Å². The Morgan fingerprint density at radius 1 is 1.41 bits per heavy atom. The van der Waals surface area contributed by atoms with Gasteiger partial charge in [0.05, 0.1) is 18.9 Å². The second-order valence-corrected chi connectivity index (χ2v) is 4.64. The number of ether oxygens (including phenoxy) is 1. The first-order valence-corrected chi connectivity index (χ1v) is 6.27. The molecule has 1 aliphatic carbocycles. The van der Waals surface area contributed by atoms with Gasteiger partial charge in [0.2, 0.25) is 0 Å². The van der Waals surface area contributed by atoms with Crippen LogP contribution in [0.2, 0.25) is 0 Å². The lowest BCUT2D eigenvalue weighted by Gasteiger charge is -2.27. The summed E-state index contributed by atoms with van der Waals surface area (Å²) in [6, 6.07) is 0.625. The van der Waals surface area contributed by atoms with Crippen molar-refractivity contribution in [3.63, 3.8) is 0 Å². The van der Waals surface area contributed by atoms with E-state index >= 15 is 0 Å². The molecule has 1 aliphatic heterocycles. The van der Waals surface area contributed by atoms with Crippen LogP contribution in [0.1, 0.15) is 24.1 Å². The van der Waals surface area contributed by atoms with E-state index in [1.54, 1.807) is 6.33 Å². The van der Waals surface area contributed by atoms with Gasteiger partial charge in [-0.25, -0.2) is 9.97 Å². The lowest BCUT2D eigenvalue weighted by Crippen LogP contribution is -2.34. The first kappa shape index (κ1) is 10.9. The number of rotatable bonds is 4. The second-order valence-electron chi connectivity index (χ2n) is 4.64. The van der Waals surface area contributed by atoms with Crippen molar-refractivity contribution in [2.24, 2.45) is 5.73 Å². The molecule has 1 aromatic rings. The molecule has 92 valence electrons. The van der Waals surface area contributed by atoms with Crippen LogP contribution in [0.4, 0.5) is 5.82 Å². The van der Waals surface area contributed by atoms with Crippen LogP contribution >= 0.6 is 0 Å². The molecule has 17 heavy (non-hydrogen) atoms. The monoisotopic (exact) mass is 234 g/mol. The van der Waals surface area contributed by atoms with Gasteiger partial charge in [-0.2, -0.15) is 0 Å². The van der Waals surface area contributed by atoms with Crippen LogP contribution in [0.15, 0.2) is 6.33 Å². The van der Waals surface area contributed by atoms with Gasteiger partial charge in [-0.3, -0.25) is 0 Å². The highest BCUT2D eigenvalue weighted by Crippen LogP contribution is 2.33. The summed E-state index contributed by atoms with van der Waals surface area (Å²) in [6.07, 6.45) is 5.07. The van der Waals surface area contributed by atoms with Crippen LogP contribution in [0.3, 0.4) is 0 Å². The van der Waals surface area contributed by atoms with Gasteiger partial charge in [0.1, 0.15) is 12.1 Å². The normalized spacial score (nSPS) is 18.9. The van der Waals surface area contributed by atoms with E-state index in [-0.39, 0.29) is 0 Å². The van der Waals surface area contributed by atoms with E-state index in [0.29, 0.717) is 19.2 Å². The summed E-state index contributed by atoms with van der Waals surface area (Å²) >= 11 is 0. The number of hydrogen-bond donors (Lipinski definition) is 1. The molecule has 3 rings (SSSR count). The van der Waals surface area contributed by atoms with Crippen molar-refractivity contribution in [2.45, 2.75) is 31.9 Å². The summed E-state index contributed by atoms with van der Waals surface area (Å²) in [7, 11) is 0. The van der Waals surface area contributed by atoms with Crippen molar-refractivity contribution in [3.05, 3.63) is 17.6 Å². The number of nitrogens with two attached hydrogens (primary N) is 1. The molecule has 5 heteroatoms. The fraction of sp³-hybridized carbons (Fsp3) is 0.667. The summed E-state index contributed by atoms with van der Waals surface area (Å²) in [4.78, 5) is 11.1. The van der Waals surface area contributed by atoms with Crippen LogP contribution in [0, 0.1) is 0 Å². The zero-order valence-corrected chi connectivity index (χ0v) is 9.93. The Morgan fingerprint density at radius 3 is 3.06 bits per heavy atom. The third-order valence-corrected chi connectivity index (χ3v) is 3.37. The molecule has 1 fully saturated rings. The van der Waals surface area contributed by atoms with Crippen LogP contribution in [0.25, 0.3) is 0 Å². The van der Waals surface area contributed by atoms with Gasteiger partial charge in [-0.05, 0) is 12.8 Å². The Bertz CT molecular complexity index is 405. The molecule has 0 amide bonds. The highest BCUT2D eigenvalue weighted by Gasteiger charge is 2.32. The number of anilines is 1. The third-order valence-electron chi connectivity index (χ3n) is 3.37. The van der Waals surface area contributed by atoms with Crippen LogP contribution in [-0.2, 0) is 17.8 Å². The van der Waals surface area contributed by atoms with Crippen molar-refractivity contribution < 1.29 is 4.74 Å². The molecule has 0 aromatic carbocycles. The van der Waals surface area contributed by atoms with Gasteiger partial charge in [0, 0.05) is 31.1 Å². The van der Waals surface area contributed by atoms with Gasteiger partial charge in [-0.1, -0.05) is 0 Å². The van der Waals surface area contributed by atoms with Gasteiger partial charge in [0.15, 0.2) is 0 Å². The van der Waals surface area contributed by atoms with Crippen molar-refractivity contribution in [2.75, 3.05) is 24.6 Å². The van der Waals surface area contributed by atoms with Crippen molar-refractivity contribution in [1.29, 1.82) is 0 Å². The molecule has 1 aromatic heterocycles. The topological polar surface area (TPSA) is 64.3 Å². The number of nitrogens with zero attached hydrogens (tertiary/aromatic N) is 3. The van der Waals surface area contributed by atoms with Crippen LogP contribution in [-0.4, -0.2) is 35.7 Å². The molecule has 0 radical (unpaired) electrons. The largest absolute Gasteiger partial charge is 0.376 e. The molecule has 2 aliphatic rings. The summed E-state index contributed by atoms with van der Waals surface area (Å²) in [6.45, 7) is 2.94. The molecule has 0 saturated heterocycles. The molecule has 0 bridgehead atoms. The minimum absolute atomic E-state index is 0.625. The molecule has 5 nitrogen and oxygen atoms in total. The summed E-state index contributed by atoms with van der Waals surface area (Å²) in [5.41, 5.74) is 8.00. The number of hydrogen-bond acceptors (Lipinski definition) is 5. The van der Waals surface area contributed by atoms with E-state index in [9.17, 15) is 0 Å². The Hall–Kier alpha value is -1.20. The van der Waals surface area contributed by atoms with Gasteiger partial charge in [-0.15, -0.1) is 0 Å². The van der Waals surface area contributed by atoms with Gasteiger partial charge in [0.25, 0.3) is 0 Å². The highest BCUT2D eigenvalue weighted by molar-refractivity contribution is 5.50. The zero-order valence-electron chi connectivity index (χ0n) is 9.93. The second kappa shape index (κ2) is 4.58. The minimum atomic E-state index is 0.625. The fourth-order valence-corrected chi connectivity index (χ4v) is 2.38. The molecule has 0 unspecified atom stereocenters. The Morgan fingerprint density at radius 2 is 2.29 bits per heavy atom. The summed E-state index contributed by atoms with van der Waals surface area (Å²) in [5.74, 6) is 1.04. The Kier molecular flexibility index (Phi) is 2.94. The molecule has 0 spiro atoms. The van der Waals surface area contributed by atoms with Gasteiger partial charge < -0.3 is 15.4 Å². The predicted molar refractivity (Wildman–Crippen MR) is 64.8 cm³/mol. The minimum Gasteiger partial charge on any atom is -0.376 e. The highest BCUT2D eigenvalue weighted by atomic mass is 16.5. The number of fused-ring (bicyclic) bond motifs is 1. The van der Waals surface area contributed by atoms with E-state index in [1.165, 1.54) is 18.4 Å². The lowest BCUT2D eigenvalue weighted by molar-refractivity contribution is 0.109. The maximum Gasteiger partial charge on any atom is 0.138 e. The standard InChI is InChI=1S/C12H18N4O/c13-4-5-16(9-1-2-9)12-10-7-17-6-3-11(10)14-8-15-12/h8-9H,1-7,13H2. The molecular weight excluding hydrogens is 216 g/mol. The third kappa shape index (κ3) is 2.12. The average Bonchev–Trinajstić information content (AvgIpc) is 3.20. The zero-order chi connectivity index (χ0) is 11.7. The Labute approximate surface area is 101 Å². The molecule has 0 atom stereocenters.